The maximum absolute atomic E-state index is 12.9. The van der Waals surface area contributed by atoms with Crippen molar-refractivity contribution >= 4 is 17.9 Å². The average Bonchev–Trinajstić information content (AvgIpc) is 3.47. The van der Waals surface area contributed by atoms with Crippen molar-refractivity contribution in [3.63, 3.8) is 0 Å². The molecule has 6 nitrogen and oxygen atoms in total. The molecule has 0 amide bonds. The van der Waals surface area contributed by atoms with Crippen LogP contribution in [-0.4, -0.2) is 37.2 Å². The molecule has 0 rings (SSSR count). The first kappa shape index (κ1) is 77.3. The normalized spacial score (nSPS) is 13.1. The number of esters is 3. The van der Waals surface area contributed by atoms with E-state index in [-0.39, 0.29) is 31.1 Å². The molecule has 0 heterocycles. The lowest BCUT2D eigenvalue weighted by Crippen LogP contribution is -2.30. The maximum atomic E-state index is 12.9. The summed E-state index contributed by atoms with van der Waals surface area (Å²) < 4.78 is 16.8. The number of rotatable bonds is 60. The van der Waals surface area contributed by atoms with E-state index in [2.05, 4.69) is 167 Å². The first-order valence-electron chi connectivity index (χ1n) is 33.8. The predicted molar refractivity (Wildman–Crippen MR) is 357 cm³/mol. The summed E-state index contributed by atoms with van der Waals surface area (Å²) in [6, 6.07) is 0. The molecule has 0 aromatic heterocycles. The zero-order valence-corrected chi connectivity index (χ0v) is 53.2. The third-order valence-electron chi connectivity index (χ3n) is 14.1. The molecular formula is C76H124O6. The second-order valence-corrected chi connectivity index (χ2v) is 22.0. The zero-order valence-electron chi connectivity index (χ0n) is 53.2. The van der Waals surface area contributed by atoms with Crippen LogP contribution in [0.3, 0.4) is 0 Å². The van der Waals surface area contributed by atoms with Crippen LogP contribution in [0.5, 0.6) is 0 Å². The Kier molecular flexibility index (Phi) is 64.8. The molecule has 464 valence electrons. The molecule has 0 aliphatic rings. The van der Waals surface area contributed by atoms with Gasteiger partial charge in [0.15, 0.2) is 6.10 Å². The first-order valence-corrected chi connectivity index (χ1v) is 33.8. The molecule has 0 bridgehead atoms. The van der Waals surface area contributed by atoms with Gasteiger partial charge in [-0.1, -0.05) is 301 Å². The lowest BCUT2D eigenvalue weighted by Gasteiger charge is -2.18. The van der Waals surface area contributed by atoms with E-state index in [4.69, 9.17) is 14.2 Å². The van der Waals surface area contributed by atoms with Crippen LogP contribution < -0.4 is 0 Å². The van der Waals surface area contributed by atoms with Crippen LogP contribution in [0.15, 0.2) is 146 Å². The minimum absolute atomic E-state index is 0.0845. The minimum atomic E-state index is -0.786. The third-order valence-corrected chi connectivity index (χ3v) is 14.1. The van der Waals surface area contributed by atoms with Crippen molar-refractivity contribution in [3.8, 4) is 0 Å². The van der Waals surface area contributed by atoms with Crippen molar-refractivity contribution < 1.29 is 28.6 Å². The Balaban J connectivity index is 4.11. The Labute approximate surface area is 506 Å². The molecule has 0 radical (unpaired) electrons. The van der Waals surface area contributed by atoms with Crippen molar-refractivity contribution in [2.45, 2.75) is 303 Å². The lowest BCUT2D eigenvalue weighted by molar-refractivity contribution is -0.167. The number of unbranched alkanes of at least 4 members (excludes halogenated alkanes) is 25. The summed E-state index contributed by atoms with van der Waals surface area (Å²) >= 11 is 0. The van der Waals surface area contributed by atoms with Gasteiger partial charge in [0.1, 0.15) is 13.2 Å². The Hall–Kier alpha value is -4.71. The lowest BCUT2D eigenvalue weighted by atomic mass is 10.0. The molecule has 0 aromatic carbocycles. The van der Waals surface area contributed by atoms with E-state index >= 15 is 0 Å². The van der Waals surface area contributed by atoms with Gasteiger partial charge < -0.3 is 14.2 Å². The molecule has 0 aromatic rings. The summed E-state index contributed by atoms with van der Waals surface area (Å²) in [4.78, 5) is 38.1. The van der Waals surface area contributed by atoms with Gasteiger partial charge >= 0.3 is 17.9 Å². The van der Waals surface area contributed by atoms with E-state index in [1.807, 2.05) is 0 Å². The second kappa shape index (κ2) is 68.8. The Morgan fingerprint density at radius 2 is 0.476 bits per heavy atom. The fraction of sp³-hybridized carbons (Fsp3) is 0.645. The van der Waals surface area contributed by atoms with Gasteiger partial charge in [0.05, 0.1) is 0 Å². The van der Waals surface area contributed by atoms with Crippen LogP contribution in [0.25, 0.3) is 0 Å². The predicted octanol–water partition coefficient (Wildman–Crippen LogP) is 23.5. The Bertz CT molecular complexity index is 1780. The largest absolute Gasteiger partial charge is 0.462 e. The highest BCUT2D eigenvalue weighted by Gasteiger charge is 2.19. The van der Waals surface area contributed by atoms with Gasteiger partial charge in [0.25, 0.3) is 0 Å². The summed E-state index contributed by atoms with van der Waals surface area (Å²) in [6.07, 6.45) is 99.0. The highest BCUT2D eigenvalue weighted by atomic mass is 16.6. The SMILES string of the molecule is CC/C=C\C/C=C\C/C=C\C/C=C\C/C=C\C/C=C\CCCCCCCCCCCCCCC(=O)OCC(COC(=O)CCCCCCCC)OC(=O)CCCCCCCCCC/C=C\C/C=C\C/C=C\C/C=C\C/C=C\C/C=C\CC. The molecule has 0 spiro atoms. The van der Waals surface area contributed by atoms with Crippen LogP contribution in [0.1, 0.15) is 297 Å². The van der Waals surface area contributed by atoms with Crippen LogP contribution in [0.4, 0.5) is 0 Å². The van der Waals surface area contributed by atoms with Gasteiger partial charge in [-0.05, 0) is 122 Å². The van der Waals surface area contributed by atoms with E-state index in [0.29, 0.717) is 19.3 Å². The molecule has 1 atom stereocenters. The van der Waals surface area contributed by atoms with Gasteiger partial charge in [-0.3, -0.25) is 14.4 Å². The van der Waals surface area contributed by atoms with Gasteiger partial charge in [-0.15, -0.1) is 0 Å². The molecule has 0 saturated heterocycles. The molecule has 1 unspecified atom stereocenters. The number of hydrogen-bond acceptors (Lipinski definition) is 6. The smallest absolute Gasteiger partial charge is 0.306 e. The number of allylic oxidation sites excluding steroid dienone is 24. The van der Waals surface area contributed by atoms with Crippen LogP contribution in [0.2, 0.25) is 0 Å². The molecule has 0 fully saturated rings. The van der Waals surface area contributed by atoms with E-state index in [1.54, 1.807) is 0 Å². The molecule has 0 N–H and O–H groups in total. The maximum Gasteiger partial charge on any atom is 0.306 e. The molecule has 6 heteroatoms. The van der Waals surface area contributed by atoms with Gasteiger partial charge in [0.2, 0.25) is 0 Å². The second-order valence-electron chi connectivity index (χ2n) is 22.0. The molecule has 82 heavy (non-hydrogen) atoms. The van der Waals surface area contributed by atoms with Gasteiger partial charge in [-0.25, -0.2) is 0 Å². The molecule has 0 aliphatic heterocycles. The first-order chi connectivity index (χ1) is 40.5. The Morgan fingerprint density at radius 3 is 0.744 bits per heavy atom. The topological polar surface area (TPSA) is 78.9 Å². The molecule has 0 aliphatic carbocycles. The van der Waals surface area contributed by atoms with Gasteiger partial charge in [-0.2, -0.15) is 0 Å². The van der Waals surface area contributed by atoms with E-state index < -0.39 is 6.10 Å². The highest BCUT2D eigenvalue weighted by Crippen LogP contribution is 2.16. The summed E-state index contributed by atoms with van der Waals surface area (Å²) in [5.74, 6) is -0.902. The van der Waals surface area contributed by atoms with E-state index in [1.165, 1.54) is 116 Å². The Morgan fingerprint density at radius 1 is 0.256 bits per heavy atom. The highest BCUT2D eigenvalue weighted by molar-refractivity contribution is 5.71. The number of carbonyl (C=O) groups excluding carboxylic acids is 3. The number of carbonyl (C=O) groups is 3. The van der Waals surface area contributed by atoms with E-state index in [9.17, 15) is 14.4 Å². The summed E-state index contributed by atoms with van der Waals surface area (Å²) in [5.41, 5.74) is 0. The van der Waals surface area contributed by atoms with Crippen LogP contribution in [-0.2, 0) is 28.6 Å². The monoisotopic (exact) mass is 1130 g/mol. The van der Waals surface area contributed by atoms with Crippen LogP contribution >= 0.6 is 0 Å². The van der Waals surface area contributed by atoms with E-state index in [0.717, 1.165) is 141 Å². The number of hydrogen-bond donors (Lipinski definition) is 0. The summed E-state index contributed by atoms with van der Waals surface area (Å²) in [6.45, 7) is 6.35. The van der Waals surface area contributed by atoms with Crippen molar-refractivity contribution in [1.29, 1.82) is 0 Å². The molecular weight excluding hydrogens is 1010 g/mol. The standard InChI is InChI=1S/C76H124O6/c1-4-7-10-13-16-18-20-22-24-26-28-30-32-34-36-37-38-39-41-42-44-46-48-50-52-54-56-58-60-63-66-69-75(78)81-72-73(71-80-74(77)68-65-62-15-12-9-6-3)82-76(79)70-67-64-61-59-57-55-53-51-49-47-45-43-40-35-33-31-29-27-25-23-21-19-17-14-11-8-5-2/h7-8,10-11,16-19,22-25,28-31,34-36,38-40,45,47,73H,4-6,9,12-15,20-21,26-27,32-33,37,41-44,46,48-72H2,1-3H3/b10-7-,11-8-,18-16-,19-17-,24-22-,25-23-,30-28-,31-29-,36-34-,39-38-,40-35-,47-45-. The van der Waals surface area contributed by atoms with Crippen molar-refractivity contribution in [2.24, 2.45) is 0 Å². The zero-order chi connectivity index (χ0) is 59.2. The van der Waals surface area contributed by atoms with Crippen molar-refractivity contribution in [1.82, 2.24) is 0 Å². The minimum Gasteiger partial charge on any atom is -0.462 e. The average molecular weight is 1130 g/mol. The fourth-order valence-electron chi connectivity index (χ4n) is 9.10. The van der Waals surface area contributed by atoms with Gasteiger partial charge in [0, 0.05) is 19.3 Å². The van der Waals surface area contributed by atoms with Crippen molar-refractivity contribution in [3.05, 3.63) is 146 Å². The third kappa shape index (κ3) is 66.1. The molecule has 0 saturated carbocycles. The van der Waals surface area contributed by atoms with Crippen molar-refractivity contribution in [2.75, 3.05) is 13.2 Å². The quantitative estimate of drug-likeness (QED) is 0.0261. The fourth-order valence-corrected chi connectivity index (χ4v) is 9.10. The summed E-state index contributed by atoms with van der Waals surface area (Å²) in [7, 11) is 0. The summed E-state index contributed by atoms with van der Waals surface area (Å²) in [5, 5.41) is 0. The number of ether oxygens (including phenoxy) is 3. The van der Waals surface area contributed by atoms with Crippen LogP contribution in [0, 0.1) is 0 Å².